The summed E-state index contributed by atoms with van der Waals surface area (Å²) in [5, 5.41) is 4.73. The molecular weight excluding hydrogens is 309 g/mol. The highest BCUT2D eigenvalue weighted by Crippen LogP contribution is 2.24. The van der Waals surface area contributed by atoms with E-state index < -0.39 is 0 Å². The van der Waals surface area contributed by atoms with E-state index in [2.05, 4.69) is 39.0 Å². The van der Waals surface area contributed by atoms with Gasteiger partial charge < -0.3 is 11.1 Å². The van der Waals surface area contributed by atoms with Crippen LogP contribution in [0, 0.1) is 3.57 Å². The summed E-state index contributed by atoms with van der Waals surface area (Å²) in [6.45, 7) is 0. The molecule has 14 heavy (non-hydrogen) atoms. The first-order valence-corrected chi connectivity index (χ1v) is 5.87. The number of aromatic nitrogens is 1. The maximum Gasteiger partial charge on any atom is 0.189 e. The Morgan fingerprint density at radius 1 is 1.43 bits per heavy atom. The Morgan fingerprint density at radius 3 is 2.93 bits per heavy atom. The lowest BCUT2D eigenvalue weighted by molar-refractivity contribution is 1.39. The van der Waals surface area contributed by atoms with Gasteiger partial charge in [-0.15, -0.1) is 0 Å². The van der Waals surface area contributed by atoms with E-state index >= 15 is 0 Å². The minimum absolute atomic E-state index is 0.720. The van der Waals surface area contributed by atoms with E-state index in [-0.39, 0.29) is 0 Å². The van der Waals surface area contributed by atoms with E-state index in [0.717, 1.165) is 15.8 Å². The Balaban J connectivity index is 2.18. The van der Waals surface area contributed by atoms with Crippen LogP contribution in [0.1, 0.15) is 0 Å². The van der Waals surface area contributed by atoms with Crippen molar-refractivity contribution in [2.45, 2.75) is 0 Å². The molecule has 3 N–H and O–H groups in total. The summed E-state index contributed by atoms with van der Waals surface area (Å²) in [6, 6.07) is 8.10. The normalized spacial score (nSPS) is 10.1. The number of nitrogen functional groups attached to an aromatic ring is 1. The van der Waals surface area contributed by atoms with Crippen LogP contribution >= 0.6 is 33.9 Å². The van der Waals surface area contributed by atoms with Crippen molar-refractivity contribution < 1.29 is 0 Å². The number of anilines is 3. The Morgan fingerprint density at radius 2 is 2.29 bits per heavy atom. The average Bonchev–Trinajstić information content (AvgIpc) is 2.51. The molecule has 0 aliphatic carbocycles. The summed E-state index contributed by atoms with van der Waals surface area (Å²) < 4.78 is 1.19. The first-order chi connectivity index (χ1) is 6.74. The van der Waals surface area contributed by atoms with E-state index in [9.17, 15) is 0 Å². The van der Waals surface area contributed by atoms with Gasteiger partial charge in [-0.1, -0.05) is 17.4 Å². The van der Waals surface area contributed by atoms with E-state index in [1.165, 1.54) is 14.9 Å². The number of nitrogens with one attached hydrogen (secondary N) is 1. The topological polar surface area (TPSA) is 50.9 Å². The fraction of sp³-hybridized carbons (Fsp3) is 0. The van der Waals surface area contributed by atoms with Crippen LogP contribution in [0.2, 0.25) is 0 Å². The number of halogens is 1. The molecule has 72 valence electrons. The third kappa shape index (κ3) is 2.36. The van der Waals surface area contributed by atoms with Gasteiger partial charge in [-0.3, -0.25) is 0 Å². The van der Waals surface area contributed by atoms with Gasteiger partial charge in [0.15, 0.2) is 5.13 Å². The molecule has 3 nitrogen and oxygen atoms in total. The monoisotopic (exact) mass is 317 g/mol. The van der Waals surface area contributed by atoms with Crippen LogP contribution in [0.15, 0.2) is 30.5 Å². The smallest absolute Gasteiger partial charge is 0.189 e. The van der Waals surface area contributed by atoms with Crippen molar-refractivity contribution in [2.75, 3.05) is 11.1 Å². The molecule has 0 fully saturated rings. The zero-order valence-electron chi connectivity index (χ0n) is 7.20. The third-order valence-corrected chi connectivity index (χ3v) is 3.01. The van der Waals surface area contributed by atoms with Crippen LogP contribution in [0.4, 0.5) is 15.8 Å². The standard InChI is InChI=1S/C9H8IN3S/c10-6-2-1-3-7(4-6)13-9-12-5-8(11)14-9/h1-5H,11H2,(H,12,13). The van der Waals surface area contributed by atoms with Crippen LogP contribution in [0.5, 0.6) is 0 Å². The maximum absolute atomic E-state index is 5.58. The highest BCUT2D eigenvalue weighted by molar-refractivity contribution is 14.1. The van der Waals surface area contributed by atoms with Gasteiger partial charge >= 0.3 is 0 Å². The Bertz CT molecular complexity index is 441. The molecule has 0 saturated heterocycles. The second-order valence-corrected chi connectivity index (χ2v) is 5.01. The van der Waals surface area contributed by atoms with Crippen molar-refractivity contribution >= 4 is 49.7 Å². The second kappa shape index (κ2) is 4.14. The molecule has 1 aromatic carbocycles. The Labute approximate surface area is 99.5 Å². The predicted octanol–water partition coefficient (Wildman–Crippen LogP) is 3.07. The summed E-state index contributed by atoms with van der Waals surface area (Å²) in [4.78, 5) is 4.12. The molecule has 2 rings (SSSR count). The van der Waals surface area contributed by atoms with Gasteiger partial charge in [0, 0.05) is 9.26 Å². The fourth-order valence-electron chi connectivity index (χ4n) is 1.03. The molecule has 0 unspecified atom stereocenters. The van der Waals surface area contributed by atoms with Crippen LogP contribution in [-0.4, -0.2) is 4.98 Å². The maximum atomic E-state index is 5.58. The second-order valence-electron chi connectivity index (χ2n) is 2.70. The Hall–Kier alpha value is -0.820. The Kier molecular flexibility index (Phi) is 2.87. The third-order valence-electron chi connectivity index (χ3n) is 1.60. The fourth-order valence-corrected chi connectivity index (χ4v) is 2.18. The average molecular weight is 317 g/mol. The molecule has 0 radical (unpaired) electrons. The summed E-state index contributed by atoms with van der Waals surface area (Å²) in [5.74, 6) is 0. The number of nitrogens with two attached hydrogens (primary N) is 1. The van der Waals surface area contributed by atoms with Crippen molar-refractivity contribution in [3.8, 4) is 0 Å². The van der Waals surface area contributed by atoms with E-state index in [1.54, 1.807) is 6.20 Å². The van der Waals surface area contributed by atoms with Crippen molar-refractivity contribution in [2.24, 2.45) is 0 Å². The zero-order chi connectivity index (χ0) is 9.97. The molecule has 1 aromatic heterocycles. The van der Waals surface area contributed by atoms with Crippen LogP contribution in [0.3, 0.4) is 0 Å². The summed E-state index contributed by atoms with van der Waals surface area (Å²) >= 11 is 3.71. The highest BCUT2D eigenvalue weighted by atomic mass is 127. The number of rotatable bonds is 2. The van der Waals surface area contributed by atoms with Gasteiger partial charge in [-0.2, -0.15) is 0 Å². The molecule has 0 bridgehead atoms. The lowest BCUT2D eigenvalue weighted by Gasteiger charge is -2.01. The molecular formula is C9H8IN3S. The van der Waals surface area contributed by atoms with Gasteiger partial charge in [0.25, 0.3) is 0 Å². The van der Waals surface area contributed by atoms with E-state index in [1.807, 2.05) is 18.2 Å². The number of hydrogen-bond acceptors (Lipinski definition) is 4. The van der Waals surface area contributed by atoms with Crippen LogP contribution in [0.25, 0.3) is 0 Å². The molecule has 0 aliphatic heterocycles. The van der Waals surface area contributed by atoms with Gasteiger partial charge in [0.1, 0.15) is 5.00 Å². The molecule has 0 aliphatic rings. The zero-order valence-corrected chi connectivity index (χ0v) is 10.2. The largest absolute Gasteiger partial charge is 0.389 e. The summed E-state index contributed by atoms with van der Waals surface area (Å²) in [6.07, 6.45) is 1.65. The van der Waals surface area contributed by atoms with Crippen molar-refractivity contribution in [1.82, 2.24) is 4.98 Å². The number of hydrogen-bond donors (Lipinski definition) is 2. The lowest BCUT2D eigenvalue weighted by atomic mass is 10.3. The van der Waals surface area contributed by atoms with Gasteiger partial charge in [0.2, 0.25) is 0 Å². The number of thiazole rings is 1. The SMILES string of the molecule is Nc1cnc(Nc2cccc(I)c2)s1. The van der Waals surface area contributed by atoms with Crippen LogP contribution in [-0.2, 0) is 0 Å². The van der Waals surface area contributed by atoms with E-state index in [4.69, 9.17) is 5.73 Å². The van der Waals surface area contributed by atoms with Crippen LogP contribution < -0.4 is 11.1 Å². The van der Waals surface area contributed by atoms with Crippen molar-refractivity contribution in [3.05, 3.63) is 34.0 Å². The molecule has 2 aromatic rings. The minimum Gasteiger partial charge on any atom is -0.389 e. The molecule has 0 atom stereocenters. The lowest BCUT2D eigenvalue weighted by Crippen LogP contribution is -1.88. The highest BCUT2D eigenvalue weighted by Gasteiger charge is 1.99. The molecule has 0 saturated carbocycles. The van der Waals surface area contributed by atoms with Crippen molar-refractivity contribution in [3.63, 3.8) is 0 Å². The number of nitrogens with zero attached hydrogens (tertiary/aromatic N) is 1. The molecule has 0 spiro atoms. The van der Waals surface area contributed by atoms with Gasteiger partial charge in [0.05, 0.1) is 6.20 Å². The number of benzene rings is 1. The first-order valence-electron chi connectivity index (χ1n) is 3.98. The van der Waals surface area contributed by atoms with Gasteiger partial charge in [-0.05, 0) is 40.8 Å². The molecule has 5 heteroatoms. The summed E-state index contributed by atoms with van der Waals surface area (Å²) in [7, 11) is 0. The predicted molar refractivity (Wildman–Crippen MR) is 69.0 cm³/mol. The van der Waals surface area contributed by atoms with E-state index in [0.29, 0.717) is 0 Å². The first kappa shape index (κ1) is 9.72. The summed E-state index contributed by atoms with van der Waals surface area (Å²) in [5.41, 5.74) is 6.61. The molecule has 1 heterocycles. The van der Waals surface area contributed by atoms with Gasteiger partial charge in [-0.25, -0.2) is 4.98 Å². The quantitative estimate of drug-likeness (QED) is 0.837. The molecule has 0 amide bonds. The minimum atomic E-state index is 0.720. The van der Waals surface area contributed by atoms with Crippen molar-refractivity contribution in [1.29, 1.82) is 0 Å².